The van der Waals surface area contributed by atoms with E-state index in [4.69, 9.17) is 4.74 Å². The molecule has 0 radical (unpaired) electrons. The second-order valence-electron chi connectivity index (χ2n) is 7.36. The van der Waals surface area contributed by atoms with E-state index in [1.165, 1.54) is 0 Å². The number of hydrogen-bond acceptors (Lipinski definition) is 4. The lowest BCUT2D eigenvalue weighted by atomic mass is 10.0. The lowest BCUT2D eigenvalue weighted by Gasteiger charge is -2.38. The minimum Gasteiger partial charge on any atom is -0.489 e. The smallest absolute Gasteiger partial charge is 0.241 e. The van der Waals surface area contributed by atoms with E-state index in [0.29, 0.717) is 12.4 Å². The first kappa shape index (κ1) is 19.9. The number of hydrogen-bond donors (Lipinski definition) is 1. The summed E-state index contributed by atoms with van der Waals surface area (Å²) >= 11 is 0. The molecule has 1 heterocycles. The Labute approximate surface area is 166 Å². The number of likely N-dealkylation sites (N-methyl/N-ethyl adjacent to an activating group) is 1. The van der Waals surface area contributed by atoms with Crippen molar-refractivity contribution in [3.8, 4) is 5.75 Å². The van der Waals surface area contributed by atoms with Crippen LogP contribution in [0.5, 0.6) is 5.75 Å². The second kappa shape index (κ2) is 8.89. The molecule has 0 saturated heterocycles. The van der Waals surface area contributed by atoms with Gasteiger partial charge in [0.05, 0.1) is 24.8 Å². The fourth-order valence-electron chi connectivity index (χ4n) is 3.39. The van der Waals surface area contributed by atoms with Crippen LogP contribution in [0, 0.1) is 0 Å². The third-order valence-electron chi connectivity index (χ3n) is 4.55. The van der Waals surface area contributed by atoms with Crippen molar-refractivity contribution in [3.05, 3.63) is 60.2 Å². The topological polar surface area (TPSA) is 61.9 Å². The molecule has 0 fully saturated rings. The fraction of sp³-hybridized carbons (Fsp3) is 0.364. The maximum atomic E-state index is 13.3. The molecule has 1 atom stereocenters. The lowest BCUT2D eigenvalue weighted by molar-refractivity contribution is -0.124. The van der Waals surface area contributed by atoms with Crippen molar-refractivity contribution in [1.29, 1.82) is 0 Å². The van der Waals surface area contributed by atoms with Gasteiger partial charge in [0.2, 0.25) is 11.8 Å². The average Bonchev–Trinajstić information content (AvgIpc) is 2.66. The molecule has 0 saturated carbocycles. The Hall–Kier alpha value is -2.86. The van der Waals surface area contributed by atoms with Gasteiger partial charge in [-0.15, -0.1) is 0 Å². The number of para-hydroxylation sites is 2. The predicted molar refractivity (Wildman–Crippen MR) is 109 cm³/mol. The number of carbonyl (C=O) groups excluding carboxylic acids is 2. The van der Waals surface area contributed by atoms with Gasteiger partial charge in [-0.1, -0.05) is 42.5 Å². The molecule has 0 aromatic heterocycles. The van der Waals surface area contributed by atoms with E-state index in [1.807, 2.05) is 68.4 Å². The Morgan fingerprint density at radius 2 is 1.79 bits per heavy atom. The largest absolute Gasteiger partial charge is 0.489 e. The number of fused-ring (bicyclic) bond motifs is 1. The van der Waals surface area contributed by atoms with Crippen LogP contribution in [0.25, 0.3) is 0 Å². The van der Waals surface area contributed by atoms with Crippen LogP contribution in [0.4, 0.5) is 5.69 Å². The van der Waals surface area contributed by atoms with Gasteiger partial charge in [-0.2, -0.15) is 0 Å². The molecular formula is C22H27N3O3. The van der Waals surface area contributed by atoms with Crippen LogP contribution in [0.15, 0.2) is 54.6 Å². The van der Waals surface area contributed by atoms with E-state index in [9.17, 15) is 9.59 Å². The van der Waals surface area contributed by atoms with Gasteiger partial charge in [0.15, 0.2) is 0 Å². The average molecular weight is 381 g/mol. The quantitative estimate of drug-likeness (QED) is 0.836. The summed E-state index contributed by atoms with van der Waals surface area (Å²) in [6.45, 7) is 4.54. The highest BCUT2D eigenvalue weighted by molar-refractivity contribution is 5.97. The molecule has 6 heteroatoms. The summed E-state index contributed by atoms with van der Waals surface area (Å²) in [7, 11) is 1.78. The Kier molecular flexibility index (Phi) is 6.31. The van der Waals surface area contributed by atoms with E-state index < -0.39 is 0 Å². The first-order chi connectivity index (χ1) is 13.5. The zero-order valence-corrected chi connectivity index (χ0v) is 16.6. The number of ether oxygens (including phenoxy) is 1. The van der Waals surface area contributed by atoms with E-state index >= 15 is 0 Å². The standard InChI is InChI=1S/C22H27N3O3/c1-16(2)23-21(26)13-24(3)14-22(27)25-18-11-7-8-12-20(18)28-15-19(25)17-9-5-4-6-10-17/h4-12,16,19H,13-15H2,1-3H3,(H,23,26)/t19-/m1/s1. The third-order valence-corrected chi connectivity index (χ3v) is 4.55. The Bertz CT molecular complexity index is 823. The summed E-state index contributed by atoms with van der Waals surface area (Å²) in [6, 6.07) is 17.3. The monoisotopic (exact) mass is 381 g/mol. The number of nitrogens with one attached hydrogen (secondary N) is 1. The summed E-state index contributed by atoms with van der Waals surface area (Å²) in [4.78, 5) is 28.8. The van der Waals surface area contributed by atoms with Crippen molar-refractivity contribution < 1.29 is 14.3 Å². The molecule has 2 aromatic rings. The summed E-state index contributed by atoms with van der Waals surface area (Å²) in [5.41, 5.74) is 1.78. The number of amides is 2. The number of benzene rings is 2. The molecule has 2 amide bonds. The van der Waals surface area contributed by atoms with E-state index in [0.717, 1.165) is 11.3 Å². The Balaban J connectivity index is 1.80. The number of anilines is 1. The maximum absolute atomic E-state index is 13.3. The predicted octanol–water partition coefficient (Wildman–Crippen LogP) is 2.61. The van der Waals surface area contributed by atoms with Crippen LogP contribution in [-0.2, 0) is 9.59 Å². The zero-order chi connectivity index (χ0) is 20.1. The molecule has 1 N–H and O–H groups in total. The Morgan fingerprint density at radius 1 is 1.11 bits per heavy atom. The van der Waals surface area contributed by atoms with Gasteiger partial charge in [-0.05, 0) is 38.6 Å². The molecule has 1 aliphatic rings. The summed E-state index contributed by atoms with van der Waals surface area (Å²) in [5, 5.41) is 2.85. The van der Waals surface area contributed by atoms with Crippen LogP contribution in [0.1, 0.15) is 25.5 Å². The maximum Gasteiger partial charge on any atom is 0.241 e. The molecule has 0 aliphatic carbocycles. The summed E-state index contributed by atoms with van der Waals surface area (Å²) in [5.74, 6) is 0.542. The lowest BCUT2D eigenvalue weighted by Crippen LogP contribution is -2.47. The van der Waals surface area contributed by atoms with Crippen molar-refractivity contribution >= 4 is 17.5 Å². The van der Waals surface area contributed by atoms with Gasteiger partial charge in [0.1, 0.15) is 12.4 Å². The van der Waals surface area contributed by atoms with E-state index in [2.05, 4.69) is 5.32 Å². The van der Waals surface area contributed by atoms with Crippen LogP contribution >= 0.6 is 0 Å². The third kappa shape index (κ3) is 4.70. The van der Waals surface area contributed by atoms with Gasteiger partial charge < -0.3 is 10.1 Å². The van der Waals surface area contributed by atoms with Gasteiger partial charge in [-0.25, -0.2) is 0 Å². The van der Waals surface area contributed by atoms with Crippen molar-refractivity contribution in [2.75, 3.05) is 31.6 Å². The minimum absolute atomic E-state index is 0.0653. The van der Waals surface area contributed by atoms with Crippen molar-refractivity contribution in [2.24, 2.45) is 0 Å². The normalized spacial score (nSPS) is 15.9. The molecular weight excluding hydrogens is 354 g/mol. The number of rotatable bonds is 6. The summed E-state index contributed by atoms with van der Waals surface area (Å²) < 4.78 is 5.91. The van der Waals surface area contributed by atoms with Crippen molar-refractivity contribution in [2.45, 2.75) is 25.9 Å². The van der Waals surface area contributed by atoms with E-state index in [1.54, 1.807) is 16.8 Å². The van der Waals surface area contributed by atoms with Gasteiger partial charge in [-0.3, -0.25) is 19.4 Å². The van der Waals surface area contributed by atoms with Crippen LogP contribution in [0.2, 0.25) is 0 Å². The highest BCUT2D eigenvalue weighted by Crippen LogP contribution is 2.39. The summed E-state index contributed by atoms with van der Waals surface area (Å²) in [6.07, 6.45) is 0. The first-order valence-electron chi connectivity index (χ1n) is 9.52. The van der Waals surface area contributed by atoms with E-state index in [-0.39, 0.29) is 37.0 Å². The molecule has 2 aromatic carbocycles. The molecule has 28 heavy (non-hydrogen) atoms. The SMILES string of the molecule is CC(C)NC(=O)CN(C)CC(=O)N1c2ccccc2OC[C@@H]1c1ccccc1. The second-order valence-corrected chi connectivity index (χ2v) is 7.36. The molecule has 0 unspecified atom stereocenters. The molecule has 1 aliphatic heterocycles. The molecule has 6 nitrogen and oxygen atoms in total. The van der Waals surface area contributed by atoms with Crippen LogP contribution in [-0.4, -0.2) is 49.5 Å². The van der Waals surface area contributed by atoms with Crippen molar-refractivity contribution in [1.82, 2.24) is 10.2 Å². The fourth-order valence-corrected chi connectivity index (χ4v) is 3.39. The number of nitrogens with zero attached hydrogens (tertiary/aromatic N) is 2. The molecule has 0 spiro atoms. The van der Waals surface area contributed by atoms with Gasteiger partial charge in [0.25, 0.3) is 0 Å². The molecule has 0 bridgehead atoms. The molecule has 3 rings (SSSR count). The zero-order valence-electron chi connectivity index (χ0n) is 16.6. The van der Waals surface area contributed by atoms with Crippen LogP contribution < -0.4 is 15.0 Å². The minimum atomic E-state index is -0.207. The van der Waals surface area contributed by atoms with Crippen molar-refractivity contribution in [3.63, 3.8) is 0 Å². The highest BCUT2D eigenvalue weighted by atomic mass is 16.5. The Morgan fingerprint density at radius 3 is 2.50 bits per heavy atom. The molecule has 148 valence electrons. The van der Waals surface area contributed by atoms with Gasteiger partial charge in [0, 0.05) is 6.04 Å². The van der Waals surface area contributed by atoms with Gasteiger partial charge >= 0.3 is 0 Å². The number of carbonyl (C=O) groups is 2. The first-order valence-corrected chi connectivity index (χ1v) is 9.52. The highest BCUT2D eigenvalue weighted by Gasteiger charge is 2.33. The van der Waals surface area contributed by atoms with Crippen LogP contribution in [0.3, 0.4) is 0 Å².